The molecule has 0 bridgehead atoms. The van der Waals surface area contributed by atoms with E-state index < -0.39 is 16.0 Å². The second-order valence-electron chi connectivity index (χ2n) is 4.95. The number of carbonyl (C=O) groups is 1. The molecule has 1 aromatic rings. The van der Waals surface area contributed by atoms with Crippen LogP contribution in [-0.2, 0) is 14.8 Å². The van der Waals surface area contributed by atoms with Gasteiger partial charge in [0.05, 0.1) is 3.79 Å². The maximum Gasteiger partial charge on any atom is 0.250 e. The van der Waals surface area contributed by atoms with Gasteiger partial charge in [-0.15, -0.1) is 11.3 Å². The predicted molar refractivity (Wildman–Crippen MR) is 77.7 cm³/mol. The Hall–Kier alpha value is -0.440. The molecule has 0 unspecified atom stereocenters. The van der Waals surface area contributed by atoms with E-state index in [2.05, 4.69) is 20.7 Å². The number of hydrogen-bond donors (Lipinski definition) is 1. The van der Waals surface area contributed by atoms with Gasteiger partial charge < -0.3 is 9.90 Å². The maximum atomic E-state index is 12.0. The number of sulfonamides is 1. The molecule has 0 saturated heterocycles. The Morgan fingerprint density at radius 2 is 2.00 bits per heavy atom. The van der Waals surface area contributed by atoms with E-state index in [1.807, 2.05) is 0 Å². The molecule has 1 aliphatic carbocycles. The van der Waals surface area contributed by atoms with Crippen molar-refractivity contribution in [3.8, 4) is 0 Å². The molecular weight excluding hydrogens is 366 g/mol. The van der Waals surface area contributed by atoms with Crippen molar-refractivity contribution in [2.24, 2.45) is 11.8 Å². The van der Waals surface area contributed by atoms with Gasteiger partial charge in [-0.25, -0.2) is 13.1 Å². The summed E-state index contributed by atoms with van der Waals surface area (Å²) in [6, 6.07) is 3.26. The molecule has 5 nitrogen and oxygen atoms in total. The van der Waals surface area contributed by atoms with Crippen LogP contribution in [0.2, 0.25) is 0 Å². The van der Waals surface area contributed by atoms with Crippen molar-refractivity contribution in [2.75, 3.05) is 6.54 Å². The average molecular weight is 381 g/mol. The summed E-state index contributed by atoms with van der Waals surface area (Å²) in [5.74, 6) is -1.17. The predicted octanol–water partition coefficient (Wildman–Crippen LogP) is 1.35. The Bertz CT molecular complexity index is 576. The first-order valence-corrected chi connectivity index (χ1v) is 9.43. The molecule has 112 valence electrons. The van der Waals surface area contributed by atoms with Crippen LogP contribution in [0.3, 0.4) is 0 Å². The standard InChI is InChI=1S/C12H16BrNO4S2/c13-10-5-6-11(19-10)20(17,18)14-7-8-1-3-9(4-2-8)12(15)16/h5-6,8-9,14H,1-4,7H2,(H,15,16)/p-1. The van der Waals surface area contributed by atoms with Crippen molar-refractivity contribution >= 4 is 43.3 Å². The number of halogens is 1. The first kappa shape index (κ1) is 15.9. The number of aliphatic carboxylic acids is 1. The molecule has 20 heavy (non-hydrogen) atoms. The van der Waals surface area contributed by atoms with Crippen molar-refractivity contribution in [3.63, 3.8) is 0 Å². The van der Waals surface area contributed by atoms with E-state index in [0.29, 0.717) is 19.4 Å². The summed E-state index contributed by atoms with van der Waals surface area (Å²) in [7, 11) is -3.46. The van der Waals surface area contributed by atoms with Crippen LogP contribution in [0, 0.1) is 11.8 Å². The summed E-state index contributed by atoms with van der Waals surface area (Å²) in [6.07, 6.45) is 2.57. The Balaban J connectivity index is 1.86. The van der Waals surface area contributed by atoms with Crippen LogP contribution in [0.1, 0.15) is 25.7 Å². The molecule has 1 aliphatic rings. The lowest BCUT2D eigenvalue weighted by Crippen LogP contribution is -2.36. The zero-order chi connectivity index (χ0) is 14.8. The van der Waals surface area contributed by atoms with Crippen LogP contribution in [0.25, 0.3) is 0 Å². The van der Waals surface area contributed by atoms with Gasteiger partial charge in [0, 0.05) is 12.5 Å². The van der Waals surface area contributed by atoms with Gasteiger partial charge in [-0.1, -0.05) is 0 Å². The normalized spacial score (nSPS) is 23.6. The third-order valence-corrected chi connectivity index (χ3v) is 7.09. The summed E-state index contributed by atoms with van der Waals surface area (Å²) >= 11 is 4.40. The number of carboxylic acid groups (broad SMARTS) is 1. The quantitative estimate of drug-likeness (QED) is 0.834. The molecular formula is C12H15BrNO4S2-. The van der Waals surface area contributed by atoms with Crippen LogP contribution in [0.5, 0.6) is 0 Å². The highest BCUT2D eigenvalue weighted by molar-refractivity contribution is 9.11. The zero-order valence-electron chi connectivity index (χ0n) is 10.7. The minimum absolute atomic E-state index is 0.198. The topological polar surface area (TPSA) is 86.3 Å². The molecule has 0 atom stereocenters. The van der Waals surface area contributed by atoms with Gasteiger partial charge in [0.25, 0.3) is 0 Å². The third-order valence-electron chi connectivity index (χ3n) is 3.56. The van der Waals surface area contributed by atoms with Crippen molar-refractivity contribution in [2.45, 2.75) is 29.9 Å². The molecule has 1 N–H and O–H groups in total. The van der Waals surface area contributed by atoms with Crippen LogP contribution in [-0.4, -0.2) is 20.9 Å². The molecule has 1 aromatic heterocycles. The van der Waals surface area contributed by atoms with Crippen molar-refractivity contribution < 1.29 is 18.3 Å². The van der Waals surface area contributed by atoms with Crippen LogP contribution in [0.15, 0.2) is 20.1 Å². The van der Waals surface area contributed by atoms with Gasteiger partial charge in [0.1, 0.15) is 4.21 Å². The van der Waals surface area contributed by atoms with Crippen LogP contribution >= 0.6 is 27.3 Å². The van der Waals surface area contributed by atoms with E-state index in [1.165, 1.54) is 11.3 Å². The largest absolute Gasteiger partial charge is 0.550 e. The average Bonchev–Trinajstić information content (AvgIpc) is 2.84. The number of nitrogens with one attached hydrogen (secondary N) is 1. The summed E-state index contributed by atoms with van der Waals surface area (Å²) in [5.41, 5.74) is 0. The van der Waals surface area contributed by atoms with Crippen LogP contribution in [0.4, 0.5) is 0 Å². The van der Waals surface area contributed by atoms with Gasteiger partial charge in [-0.3, -0.25) is 0 Å². The number of thiophene rings is 1. The fraction of sp³-hybridized carbons (Fsp3) is 0.583. The molecule has 8 heteroatoms. The van der Waals surface area contributed by atoms with Crippen molar-refractivity contribution in [1.82, 2.24) is 4.72 Å². The van der Waals surface area contributed by atoms with E-state index in [1.54, 1.807) is 12.1 Å². The van der Waals surface area contributed by atoms with Crippen LogP contribution < -0.4 is 9.83 Å². The monoisotopic (exact) mass is 380 g/mol. The molecule has 0 amide bonds. The molecule has 1 saturated carbocycles. The zero-order valence-corrected chi connectivity index (χ0v) is 13.9. The minimum Gasteiger partial charge on any atom is -0.550 e. The molecule has 0 aromatic carbocycles. The molecule has 0 radical (unpaired) electrons. The fourth-order valence-electron chi connectivity index (χ4n) is 2.34. The fourth-order valence-corrected chi connectivity index (χ4v) is 5.51. The molecule has 1 heterocycles. The van der Waals surface area contributed by atoms with E-state index >= 15 is 0 Å². The Morgan fingerprint density at radius 1 is 1.35 bits per heavy atom. The lowest BCUT2D eigenvalue weighted by atomic mass is 9.82. The smallest absolute Gasteiger partial charge is 0.250 e. The Kier molecular flexibility index (Phi) is 5.22. The van der Waals surface area contributed by atoms with E-state index in [4.69, 9.17) is 0 Å². The summed E-state index contributed by atoms with van der Waals surface area (Å²) in [5, 5.41) is 10.7. The molecule has 0 aliphatic heterocycles. The summed E-state index contributed by atoms with van der Waals surface area (Å²) in [4.78, 5) is 10.7. The highest BCUT2D eigenvalue weighted by atomic mass is 79.9. The minimum atomic E-state index is -3.46. The van der Waals surface area contributed by atoms with E-state index in [-0.39, 0.29) is 16.0 Å². The number of hydrogen-bond acceptors (Lipinski definition) is 5. The van der Waals surface area contributed by atoms with E-state index in [0.717, 1.165) is 16.6 Å². The second-order valence-corrected chi connectivity index (χ2v) is 9.40. The number of carboxylic acids is 1. The summed E-state index contributed by atoms with van der Waals surface area (Å²) < 4.78 is 27.7. The van der Waals surface area contributed by atoms with Crippen molar-refractivity contribution in [3.05, 3.63) is 15.9 Å². The molecule has 1 fully saturated rings. The second kappa shape index (κ2) is 6.55. The van der Waals surface area contributed by atoms with Crippen molar-refractivity contribution in [1.29, 1.82) is 0 Å². The van der Waals surface area contributed by atoms with Gasteiger partial charge in [-0.05, 0) is 65.6 Å². The third kappa shape index (κ3) is 4.03. The molecule has 2 rings (SSSR count). The Morgan fingerprint density at radius 3 is 2.50 bits per heavy atom. The van der Waals surface area contributed by atoms with E-state index in [9.17, 15) is 18.3 Å². The number of rotatable bonds is 5. The summed E-state index contributed by atoms with van der Waals surface area (Å²) in [6.45, 7) is 0.359. The molecule has 0 spiro atoms. The number of carbonyl (C=O) groups excluding carboxylic acids is 1. The lowest BCUT2D eigenvalue weighted by molar-refractivity contribution is -0.312. The SMILES string of the molecule is O=C([O-])C1CCC(CNS(=O)(=O)c2ccc(Br)s2)CC1. The highest BCUT2D eigenvalue weighted by Crippen LogP contribution is 2.29. The van der Waals surface area contributed by atoms with Gasteiger partial charge in [-0.2, -0.15) is 0 Å². The van der Waals surface area contributed by atoms with Gasteiger partial charge in [0.15, 0.2) is 0 Å². The first-order chi connectivity index (χ1) is 9.38. The maximum absolute atomic E-state index is 12.0. The highest BCUT2D eigenvalue weighted by Gasteiger charge is 2.24. The Labute approximate surface area is 130 Å². The van der Waals surface area contributed by atoms with Gasteiger partial charge in [0.2, 0.25) is 10.0 Å². The van der Waals surface area contributed by atoms with Gasteiger partial charge >= 0.3 is 0 Å². The first-order valence-electron chi connectivity index (χ1n) is 6.34. The lowest BCUT2D eigenvalue weighted by Gasteiger charge is -2.28.